The van der Waals surface area contributed by atoms with Crippen LogP contribution >= 0.6 is 23.4 Å². The third kappa shape index (κ3) is 2.89. The summed E-state index contributed by atoms with van der Waals surface area (Å²) in [6, 6.07) is 5.15. The Morgan fingerprint density at radius 1 is 1.35 bits per heavy atom. The second kappa shape index (κ2) is 5.49. The van der Waals surface area contributed by atoms with Gasteiger partial charge in [0.05, 0.1) is 5.69 Å². The van der Waals surface area contributed by atoms with Crippen molar-refractivity contribution in [3.05, 3.63) is 29.6 Å². The van der Waals surface area contributed by atoms with E-state index >= 15 is 0 Å². The van der Waals surface area contributed by atoms with Crippen LogP contribution in [-0.4, -0.2) is 23.6 Å². The van der Waals surface area contributed by atoms with Crippen molar-refractivity contribution < 1.29 is 4.39 Å². The molecule has 4 heteroatoms. The molecule has 0 bridgehead atoms. The first-order valence-corrected chi connectivity index (χ1v) is 7.33. The van der Waals surface area contributed by atoms with E-state index < -0.39 is 0 Å². The quantitative estimate of drug-likeness (QED) is 0.752. The Morgan fingerprint density at radius 2 is 2.00 bits per heavy atom. The van der Waals surface area contributed by atoms with Crippen molar-refractivity contribution in [3.63, 3.8) is 0 Å². The van der Waals surface area contributed by atoms with E-state index in [4.69, 9.17) is 11.6 Å². The fourth-order valence-corrected chi connectivity index (χ4v) is 3.92. The molecule has 0 aromatic heterocycles. The Kier molecular flexibility index (Phi) is 4.21. The zero-order chi connectivity index (χ0) is 12.4. The average Bonchev–Trinajstić information content (AvgIpc) is 2.27. The van der Waals surface area contributed by atoms with Gasteiger partial charge in [0.25, 0.3) is 0 Å². The minimum Gasteiger partial charge on any atom is -0.367 e. The second-order valence-electron chi connectivity index (χ2n) is 4.54. The largest absolute Gasteiger partial charge is 0.367 e. The molecule has 1 nitrogen and oxygen atoms in total. The molecule has 2 unspecified atom stereocenters. The van der Waals surface area contributed by atoms with E-state index in [9.17, 15) is 4.39 Å². The molecule has 1 fully saturated rings. The number of benzene rings is 1. The van der Waals surface area contributed by atoms with Gasteiger partial charge in [-0.25, -0.2) is 4.39 Å². The summed E-state index contributed by atoms with van der Waals surface area (Å²) in [6.45, 7) is 6.16. The number of para-hydroxylation sites is 1. The summed E-state index contributed by atoms with van der Waals surface area (Å²) in [5, 5.41) is 1.06. The lowest BCUT2D eigenvalue weighted by molar-refractivity contribution is 0.609. The van der Waals surface area contributed by atoms with E-state index in [1.165, 1.54) is 6.07 Å². The number of alkyl halides is 1. The minimum atomic E-state index is -0.158. The van der Waals surface area contributed by atoms with Crippen LogP contribution in [0.5, 0.6) is 0 Å². The first-order chi connectivity index (χ1) is 8.11. The van der Waals surface area contributed by atoms with Gasteiger partial charge >= 0.3 is 0 Å². The van der Waals surface area contributed by atoms with Gasteiger partial charge in [0.1, 0.15) is 5.82 Å². The van der Waals surface area contributed by atoms with E-state index in [0.29, 0.717) is 22.1 Å². The SMILES string of the molecule is CC1CN(c2c(F)cccc2CCl)CC(C)S1. The molecule has 0 amide bonds. The van der Waals surface area contributed by atoms with E-state index in [-0.39, 0.29) is 5.82 Å². The molecular formula is C13H17ClFNS. The van der Waals surface area contributed by atoms with Crippen molar-refractivity contribution in [2.24, 2.45) is 0 Å². The summed E-state index contributed by atoms with van der Waals surface area (Å²) in [7, 11) is 0. The summed E-state index contributed by atoms with van der Waals surface area (Å²) >= 11 is 7.86. The van der Waals surface area contributed by atoms with Gasteiger partial charge in [0.2, 0.25) is 0 Å². The van der Waals surface area contributed by atoms with Crippen LogP contribution in [0.1, 0.15) is 19.4 Å². The van der Waals surface area contributed by atoms with Crippen LogP contribution in [0.25, 0.3) is 0 Å². The Labute approximate surface area is 111 Å². The highest BCUT2D eigenvalue weighted by atomic mass is 35.5. The Morgan fingerprint density at radius 3 is 2.59 bits per heavy atom. The molecule has 1 aromatic carbocycles. The van der Waals surface area contributed by atoms with Gasteiger partial charge in [-0.2, -0.15) is 11.8 Å². The number of thioether (sulfide) groups is 1. The second-order valence-corrected chi connectivity index (χ2v) is 6.69. The highest BCUT2D eigenvalue weighted by Gasteiger charge is 2.25. The zero-order valence-electron chi connectivity index (χ0n) is 10.1. The van der Waals surface area contributed by atoms with E-state index in [0.717, 1.165) is 18.7 Å². The minimum absolute atomic E-state index is 0.158. The van der Waals surface area contributed by atoms with Gasteiger partial charge in [-0.1, -0.05) is 26.0 Å². The summed E-state index contributed by atoms with van der Waals surface area (Å²) in [6.07, 6.45) is 0. The lowest BCUT2D eigenvalue weighted by Gasteiger charge is -2.37. The maximum Gasteiger partial charge on any atom is 0.146 e. The molecule has 94 valence electrons. The Balaban J connectivity index is 2.32. The normalized spacial score (nSPS) is 25.1. The monoisotopic (exact) mass is 273 g/mol. The molecule has 0 spiro atoms. The van der Waals surface area contributed by atoms with Crippen LogP contribution < -0.4 is 4.90 Å². The smallest absolute Gasteiger partial charge is 0.146 e. The average molecular weight is 274 g/mol. The zero-order valence-corrected chi connectivity index (χ0v) is 11.7. The number of halogens is 2. The molecule has 1 aliphatic rings. The molecule has 1 aliphatic heterocycles. The highest BCUT2D eigenvalue weighted by molar-refractivity contribution is 8.00. The molecule has 1 heterocycles. The topological polar surface area (TPSA) is 3.24 Å². The third-order valence-electron chi connectivity index (χ3n) is 2.95. The van der Waals surface area contributed by atoms with Crippen LogP contribution in [0, 0.1) is 5.82 Å². The van der Waals surface area contributed by atoms with Gasteiger partial charge in [0.15, 0.2) is 0 Å². The van der Waals surface area contributed by atoms with Gasteiger partial charge in [-0.15, -0.1) is 11.6 Å². The van der Waals surface area contributed by atoms with Gasteiger partial charge in [-0.3, -0.25) is 0 Å². The van der Waals surface area contributed by atoms with Gasteiger partial charge in [0, 0.05) is 29.5 Å². The highest BCUT2D eigenvalue weighted by Crippen LogP contribution is 2.32. The van der Waals surface area contributed by atoms with Crippen LogP contribution in [0.2, 0.25) is 0 Å². The molecule has 0 radical (unpaired) electrons. The van der Waals surface area contributed by atoms with Crippen molar-refractivity contribution in [2.45, 2.75) is 30.2 Å². The van der Waals surface area contributed by atoms with Gasteiger partial charge < -0.3 is 4.90 Å². The van der Waals surface area contributed by atoms with Crippen LogP contribution in [0.15, 0.2) is 18.2 Å². The van der Waals surface area contributed by atoms with Crippen molar-refractivity contribution in [3.8, 4) is 0 Å². The first-order valence-electron chi connectivity index (χ1n) is 5.85. The number of hydrogen-bond donors (Lipinski definition) is 0. The first kappa shape index (κ1) is 13.0. The number of rotatable bonds is 2. The van der Waals surface area contributed by atoms with E-state index in [1.807, 2.05) is 17.8 Å². The molecule has 0 saturated carbocycles. The summed E-state index contributed by atoms with van der Waals surface area (Å²) in [4.78, 5) is 2.14. The lowest BCUT2D eigenvalue weighted by atomic mass is 10.1. The Bertz CT molecular complexity index is 389. The maximum atomic E-state index is 14.0. The summed E-state index contributed by atoms with van der Waals surface area (Å²) in [5.74, 6) is 0.203. The Hall–Kier alpha value is -0.410. The molecule has 2 rings (SSSR count). The molecule has 1 saturated heterocycles. The fourth-order valence-electron chi connectivity index (χ4n) is 2.38. The molecule has 0 N–H and O–H groups in total. The molecule has 0 aliphatic carbocycles. The van der Waals surface area contributed by atoms with Crippen LogP contribution in [-0.2, 0) is 5.88 Å². The summed E-state index contributed by atoms with van der Waals surface area (Å²) < 4.78 is 14.0. The van der Waals surface area contributed by atoms with E-state index in [1.54, 1.807) is 6.07 Å². The van der Waals surface area contributed by atoms with Gasteiger partial charge in [-0.05, 0) is 11.6 Å². The molecule has 17 heavy (non-hydrogen) atoms. The predicted molar refractivity (Wildman–Crippen MR) is 74.7 cm³/mol. The lowest BCUT2D eigenvalue weighted by Crippen LogP contribution is -2.41. The van der Waals surface area contributed by atoms with Crippen molar-refractivity contribution in [2.75, 3.05) is 18.0 Å². The summed E-state index contributed by atoms with van der Waals surface area (Å²) in [5.41, 5.74) is 1.58. The molecule has 1 aromatic rings. The van der Waals surface area contributed by atoms with Crippen molar-refractivity contribution in [1.82, 2.24) is 0 Å². The van der Waals surface area contributed by atoms with Crippen LogP contribution in [0.4, 0.5) is 10.1 Å². The van der Waals surface area contributed by atoms with Crippen molar-refractivity contribution in [1.29, 1.82) is 0 Å². The fraction of sp³-hybridized carbons (Fsp3) is 0.538. The van der Waals surface area contributed by atoms with Crippen LogP contribution in [0.3, 0.4) is 0 Å². The maximum absolute atomic E-state index is 14.0. The molecule has 2 atom stereocenters. The standard InChI is InChI=1S/C13H17ClFNS/c1-9-7-16(8-10(2)17-9)13-11(6-14)4-3-5-12(13)15/h3-5,9-10H,6-8H2,1-2H3. The van der Waals surface area contributed by atoms with Crippen molar-refractivity contribution >= 4 is 29.1 Å². The van der Waals surface area contributed by atoms with E-state index in [2.05, 4.69) is 18.7 Å². The molecular weight excluding hydrogens is 257 g/mol. The number of nitrogens with zero attached hydrogens (tertiary/aromatic N) is 1. The number of hydrogen-bond acceptors (Lipinski definition) is 2. The number of anilines is 1. The third-order valence-corrected chi connectivity index (χ3v) is 4.47. The predicted octanol–water partition coefficient (Wildman–Crippen LogP) is 3.89.